The van der Waals surface area contributed by atoms with Gasteiger partial charge in [0, 0.05) is 38.3 Å². The van der Waals surface area contributed by atoms with Crippen molar-refractivity contribution >= 4 is 0 Å². The summed E-state index contributed by atoms with van der Waals surface area (Å²) in [6.07, 6.45) is 4.46. The summed E-state index contributed by atoms with van der Waals surface area (Å²) in [6.45, 7) is 19.0. The molecule has 2 nitrogen and oxygen atoms in total. The summed E-state index contributed by atoms with van der Waals surface area (Å²) in [6, 6.07) is 0. The molecule has 4 atom stereocenters. The fourth-order valence-corrected chi connectivity index (χ4v) is 5.80. The van der Waals surface area contributed by atoms with E-state index in [-0.39, 0.29) is 0 Å². The van der Waals surface area contributed by atoms with Crippen LogP contribution in [0, 0.1) is 35.0 Å². The Morgan fingerprint density at radius 1 is 0.818 bits per heavy atom. The van der Waals surface area contributed by atoms with Crippen LogP contribution in [0.4, 0.5) is 0 Å². The largest absolute Gasteiger partial charge is 0.302 e. The molecule has 4 rings (SSSR count). The van der Waals surface area contributed by atoms with Crippen molar-refractivity contribution in [2.24, 2.45) is 35.0 Å². The van der Waals surface area contributed by atoms with Crippen LogP contribution in [0.5, 0.6) is 0 Å². The Morgan fingerprint density at radius 3 is 1.82 bits per heavy atom. The molecule has 2 aliphatic carbocycles. The highest BCUT2D eigenvalue weighted by molar-refractivity contribution is 5.09. The molecule has 0 radical (unpaired) electrons. The summed E-state index contributed by atoms with van der Waals surface area (Å²) in [5.41, 5.74) is 0.904. The molecule has 0 aromatic rings. The molecule has 0 bridgehead atoms. The Bertz CT molecular complexity index is 411. The maximum atomic E-state index is 2.84. The first kappa shape index (κ1) is 15.4. The zero-order valence-corrected chi connectivity index (χ0v) is 15.4. The number of fused-ring (bicyclic) bond motifs is 2. The van der Waals surface area contributed by atoms with E-state index in [4.69, 9.17) is 0 Å². The van der Waals surface area contributed by atoms with Crippen molar-refractivity contribution in [1.82, 2.24) is 9.80 Å². The van der Waals surface area contributed by atoms with Crippen molar-refractivity contribution < 1.29 is 0 Å². The second-order valence-corrected chi connectivity index (χ2v) is 10.8. The number of nitrogens with zero attached hydrogens (tertiary/aromatic N) is 2. The van der Waals surface area contributed by atoms with E-state index in [1.165, 1.54) is 52.0 Å². The third kappa shape index (κ3) is 2.75. The Hall–Kier alpha value is -0.0800. The molecule has 2 aliphatic heterocycles. The molecule has 4 unspecified atom stereocenters. The minimum absolute atomic E-state index is 0.446. The van der Waals surface area contributed by atoms with Gasteiger partial charge in [-0.05, 0) is 68.1 Å². The third-order valence-electron chi connectivity index (χ3n) is 7.22. The van der Waals surface area contributed by atoms with Gasteiger partial charge >= 0.3 is 0 Å². The molecule has 4 fully saturated rings. The summed E-state index contributed by atoms with van der Waals surface area (Å²) in [5.74, 6) is 5.20. The Morgan fingerprint density at radius 2 is 1.36 bits per heavy atom. The van der Waals surface area contributed by atoms with Crippen LogP contribution in [0.15, 0.2) is 0 Å². The normalized spacial score (nSPS) is 42.1. The number of hydrogen-bond donors (Lipinski definition) is 0. The van der Waals surface area contributed by atoms with Gasteiger partial charge in [-0.2, -0.15) is 0 Å². The summed E-state index contributed by atoms with van der Waals surface area (Å²) >= 11 is 0. The maximum Gasteiger partial charge on any atom is 0.0156 e. The maximum absolute atomic E-state index is 2.84. The van der Waals surface area contributed by atoms with E-state index in [1.54, 1.807) is 0 Å². The molecule has 0 amide bonds. The van der Waals surface area contributed by atoms with E-state index in [0.717, 1.165) is 29.6 Å². The molecule has 0 aromatic carbocycles. The molecule has 2 heterocycles. The van der Waals surface area contributed by atoms with Gasteiger partial charge in [0.25, 0.3) is 0 Å². The van der Waals surface area contributed by atoms with Gasteiger partial charge in [0.2, 0.25) is 0 Å². The van der Waals surface area contributed by atoms with Crippen molar-refractivity contribution in [3.05, 3.63) is 0 Å². The molecule has 2 saturated heterocycles. The first-order chi connectivity index (χ1) is 10.2. The zero-order valence-electron chi connectivity index (χ0n) is 15.4. The molecular formula is C20H36N2. The van der Waals surface area contributed by atoms with Crippen LogP contribution in [0.1, 0.15) is 53.9 Å². The van der Waals surface area contributed by atoms with Gasteiger partial charge in [0.1, 0.15) is 0 Å². The molecule has 2 heteroatoms. The van der Waals surface area contributed by atoms with E-state index in [1.807, 2.05) is 0 Å². The molecule has 0 N–H and O–H groups in total. The minimum atomic E-state index is 0.446. The van der Waals surface area contributed by atoms with E-state index >= 15 is 0 Å². The van der Waals surface area contributed by atoms with Crippen LogP contribution in [0.25, 0.3) is 0 Å². The molecule has 4 aliphatic rings. The molecule has 0 spiro atoms. The van der Waals surface area contributed by atoms with Gasteiger partial charge in [-0.15, -0.1) is 0 Å². The number of rotatable bonds is 4. The van der Waals surface area contributed by atoms with E-state index in [2.05, 4.69) is 44.4 Å². The van der Waals surface area contributed by atoms with Crippen LogP contribution in [0.2, 0.25) is 0 Å². The molecule has 0 aromatic heterocycles. The van der Waals surface area contributed by atoms with Gasteiger partial charge in [-0.25, -0.2) is 0 Å². The quantitative estimate of drug-likeness (QED) is 0.781. The van der Waals surface area contributed by atoms with Gasteiger partial charge in [-0.1, -0.05) is 20.8 Å². The van der Waals surface area contributed by atoms with Crippen molar-refractivity contribution in [1.29, 1.82) is 0 Å². The monoisotopic (exact) mass is 304 g/mol. The smallest absolute Gasteiger partial charge is 0.0156 e. The average molecular weight is 305 g/mol. The highest BCUT2D eigenvalue weighted by atomic mass is 15.2. The summed E-state index contributed by atoms with van der Waals surface area (Å²) in [4.78, 5) is 5.57. The van der Waals surface area contributed by atoms with Crippen molar-refractivity contribution in [2.45, 2.75) is 59.4 Å². The minimum Gasteiger partial charge on any atom is -0.302 e. The standard InChI is InChI=1S/C20H36N2/c1-19(2,3)13-21-11-17-16(18(17)12-21)8-20(4,5)22-9-14-6-7-15(14)10-22/h14-18H,6-13H2,1-5H3. The lowest BCUT2D eigenvalue weighted by Gasteiger charge is -2.37. The highest BCUT2D eigenvalue weighted by Crippen LogP contribution is 2.56. The fourth-order valence-electron chi connectivity index (χ4n) is 5.80. The first-order valence-electron chi connectivity index (χ1n) is 9.70. The third-order valence-corrected chi connectivity index (χ3v) is 7.22. The second-order valence-electron chi connectivity index (χ2n) is 10.8. The molecule has 126 valence electrons. The zero-order chi connectivity index (χ0) is 15.7. The molecule has 2 saturated carbocycles. The lowest BCUT2D eigenvalue weighted by atomic mass is 9.77. The highest BCUT2D eigenvalue weighted by Gasteiger charge is 2.57. The second kappa shape index (κ2) is 4.96. The number of likely N-dealkylation sites (tertiary alicyclic amines) is 2. The lowest BCUT2D eigenvalue weighted by Crippen LogP contribution is -2.43. The first-order valence-corrected chi connectivity index (χ1v) is 9.70. The number of hydrogen-bond acceptors (Lipinski definition) is 2. The summed E-state index contributed by atoms with van der Waals surface area (Å²) in [7, 11) is 0. The predicted molar refractivity (Wildman–Crippen MR) is 92.8 cm³/mol. The van der Waals surface area contributed by atoms with Gasteiger partial charge in [0.05, 0.1) is 0 Å². The van der Waals surface area contributed by atoms with E-state index in [9.17, 15) is 0 Å². The average Bonchev–Trinajstić information content (AvgIpc) is 2.70. The van der Waals surface area contributed by atoms with Crippen molar-refractivity contribution in [3.63, 3.8) is 0 Å². The predicted octanol–water partition coefficient (Wildman–Crippen LogP) is 3.72. The van der Waals surface area contributed by atoms with Crippen molar-refractivity contribution in [2.75, 3.05) is 32.7 Å². The van der Waals surface area contributed by atoms with Crippen LogP contribution in [-0.4, -0.2) is 48.1 Å². The van der Waals surface area contributed by atoms with E-state index < -0.39 is 0 Å². The van der Waals surface area contributed by atoms with Crippen LogP contribution in [-0.2, 0) is 0 Å². The fraction of sp³-hybridized carbons (Fsp3) is 1.00. The Balaban J connectivity index is 1.28. The lowest BCUT2D eigenvalue weighted by molar-refractivity contribution is 0.120. The summed E-state index contributed by atoms with van der Waals surface area (Å²) < 4.78 is 0. The van der Waals surface area contributed by atoms with Crippen LogP contribution in [0.3, 0.4) is 0 Å². The van der Waals surface area contributed by atoms with Gasteiger partial charge in [-0.3, -0.25) is 4.90 Å². The van der Waals surface area contributed by atoms with Crippen LogP contribution < -0.4 is 0 Å². The van der Waals surface area contributed by atoms with Gasteiger partial charge < -0.3 is 4.90 Å². The molecule has 22 heavy (non-hydrogen) atoms. The van der Waals surface area contributed by atoms with Crippen molar-refractivity contribution in [3.8, 4) is 0 Å². The van der Waals surface area contributed by atoms with Crippen LogP contribution >= 0.6 is 0 Å². The summed E-state index contributed by atoms with van der Waals surface area (Å²) in [5, 5.41) is 0. The number of piperidine rings is 1. The topological polar surface area (TPSA) is 6.48 Å². The Labute approximate surface area is 137 Å². The van der Waals surface area contributed by atoms with Gasteiger partial charge in [0.15, 0.2) is 0 Å². The van der Waals surface area contributed by atoms with E-state index in [0.29, 0.717) is 11.0 Å². The molecular weight excluding hydrogens is 268 g/mol. The Kier molecular flexibility index (Phi) is 3.48. The SMILES string of the molecule is CC(C)(C)CN1CC2C(C1)C2CC(C)(C)N1CC2CCC2C1.